The molecule has 4 heteroatoms. The highest BCUT2D eigenvalue weighted by molar-refractivity contribution is 5.87. The summed E-state index contributed by atoms with van der Waals surface area (Å²) in [5.74, 6) is 0.772. The lowest BCUT2D eigenvalue weighted by Gasteiger charge is -2.41. The lowest BCUT2D eigenvalue weighted by Crippen LogP contribution is -2.46. The predicted molar refractivity (Wildman–Crippen MR) is 129 cm³/mol. The number of hydrogen-bond donors (Lipinski definition) is 1. The highest BCUT2D eigenvalue weighted by Crippen LogP contribution is 2.44. The zero-order valence-electron chi connectivity index (χ0n) is 19.7. The van der Waals surface area contributed by atoms with Gasteiger partial charge in [0.2, 0.25) is 0 Å². The van der Waals surface area contributed by atoms with E-state index in [1.165, 1.54) is 62.3 Å². The van der Waals surface area contributed by atoms with Gasteiger partial charge in [-0.2, -0.15) is 0 Å². The summed E-state index contributed by atoms with van der Waals surface area (Å²) in [6, 6.07) is 7.91. The van der Waals surface area contributed by atoms with Gasteiger partial charge >= 0.3 is 0 Å². The first kappa shape index (κ1) is 21.5. The Morgan fingerprint density at radius 3 is 2.61 bits per heavy atom. The number of aliphatic hydroxyl groups excluding tert-OH is 1. The fraction of sp³-hybridized carbons (Fsp3) is 0.704. The van der Waals surface area contributed by atoms with E-state index in [0.29, 0.717) is 6.04 Å². The molecule has 31 heavy (non-hydrogen) atoms. The smallest absolute Gasteiger partial charge is 0.0794 e. The second-order valence-corrected chi connectivity index (χ2v) is 10.2. The van der Waals surface area contributed by atoms with Gasteiger partial charge in [0.25, 0.3) is 0 Å². The maximum absolute atomic E-state index is 10.8. The predicted octanol–water partition coefficient (Wildman–Crippen LogP) is 5.08. The van der Waals surface area contributed by atoms with Crippen LogP contribution in [0.3, 0.4) is 0 Å². The number of hydrogen-bond acceptors (Lipinski definition) is 3. The molecule has 1 aromatic carbocycles. The minimum absolute atomic E-state index is 0.265. The van der Waals surface area contributed by atoms with Crippen molar-refractivity contribution in [1.29, 1.82) is 0 Å². The maximum atomic E-state index is 10.8. The molecule has 4 nitrogen and oxygen atoms in total. The first-order chi connectivity index (χ1) is 15.2. The maximum Gasteiger partial charge on any atom is 0.0794 e. The summed E-state index contributed by atoms with van der Waals surface area (Å²) in [6.07, 6.45) is 10.4. The van der Waals surface area contributed by atoms with Crippen molar-refractivity contribution in [3.05, 3.63) is 35.0 Å². The highest BCUT2D eigenvalue weighted by atomic mass is 16.3. The molecule has 0 spiro atoms. The van der Waals surface area contributed by atoms with E-state index in [2.05, 4.69) is 46.4 Å². The number of fused-ring (bicyclic) bond motifs is 3. The average Bonchev–Trinajstić information content (AvgIpc) is 3.14. The number of likely N-dealkylation sites (N-methyl/N-ethyl adjacent to an activating group) is 1. The molecular formula is C27H41N3O. The van der Waals surface area contributed by atoms with Crippen LogP contribution >= 0.6 is 0 Å². The molecule has 1 fully saturated rings. The number of aliphatic hydroxyl groups is 1. The molecule has 5 rings (SSSR count). The van der Waals surface area contributed by atoms with Crippen molar-refractivity contribution >= 4 is 10.9 Å². The summed E-state index contributed by atoms with van der Waals surface area (Å²) in [5.41, 5.74) is 6.23. The zero-order chi connectivity index (χ0) is 21.4. The number of benzene rings is 1. The third-order valence-corrected chi connectivity index (χ3v) is 8.39. The van der Waals surface area contributed by atoms with Gasteiger partial charge in [0, 0.05) is 42.8 Å². The van der Waals surface area contributed by atoms with Crippen LogP contribution in [0.15, 0.2) is 18.2 Å². The quantitative estimate of drug-likeness (QED) is 0.673. The van der Waals surface area contributed by atoms with E-state index in [-0.39, 0.29) is 6.10 Å². The molecule has 1 N–H and O–H groups in total. The molecule has 1 aliphatic heterocycles. The van der Waals surface area contributed by atoms with E-state index in [1.807, 2.05) is 0 Å². The first-order valence-corrected chi connectivity index (χ1v) is 13.0. The van der Waals surface area contributed by atoms with Crippen molar-refractivity contribution in [2.45, 2.75) is 89.8 Å². The summed E-state index contributed by atoms with van der Waals surface area (Å²) in [7, 11) is 0. The summed E-state index contributed by atoms with van der Waals surface area (Å²) in [6.45, 7) is 10.1. The lowest BCUT2D eigenvalue weighted by molar-refractivity contribution is 0.0439. The van der Waals surface area contributed by atoms with E-state index in [0.717, 1.165) is 45.2 Å². The third kappa shape index (κ3) is 4.07. The molecule has 0 bridgehead atoms. The number of rotatable bonds is 7. The molecule has 1 saturated carbocycles. The Kier molecular flexibility index (Phi) is 6.41. The molecule has 2 heterocycles. The summed E-state index contributed by atoms with van der Waals surface area (Å²) < 4.78 is 2.63. The molecule has 1 aromatic heterocycles. The topological polar surface area (TPSA) is 31.6 Å². The third-order valence-electron chi connectivity index (χ3n) is 8.39. The Labute approximate surface area is 188 Å². The Morgan fingerprint density at radius 1 is 1.03 bits per heavy atom. The molecule has 2 atom stereocenters. The largest absolute Gasteiger partial charge is 0.390 e. The summed E-state index contributed by atoms with van der Waals surface area (Å²) >= 11 is 0. The zero-order valence-corrected chi connectivity index (χ0v) is 19.7. The molecule has 0 saturated heterocycles. The van der Waals surface area contributed by atoms with Crippen molar-refractivity contribution in [2.75, 3.05) is 32.7 Å². The molecule has 2 unspecified atom stereocenters. The normalized spacial score (nSPS) is 23.4. The van der Waals surface area contributed by atoms with Crippen LogP contribution in [-0.2, 0) is 13.0 Å². The van der Waals surface area contributed by atoms with Gasteiger partial charge in [0.05, 0.1) is 12.1 Å². The Balaban J connectivity index is 1.42. The Hall–Kier alpha value is -1.36. The van der Waals surface area contributed by atoms with Crippen LogP contribution < -0.4 is 0 Å². The van der Waals surface area contributed by atoms with E-state index in [9.17, 15) is 5.11 Å². The highest BCUT2D eigenvalue weighted by Gasteiger charge is 2.35. The molecular weight excluding hydrogens is 382 g/mol. The molecule has 2 aliphatic carbocycles. The number of β-amino-alcohol motifs (C(OH)–C–C–N with tert-alkyl or cyclic N) is 1. The number of aromatic nitrogens is 1. The standard InChI is InChI=1S/C27H41N3O/c1-3-28(4-2)18-22(31)19-29-15-16-30-25-14-13-21(20-9-6-5-7-10-20)17-24(25)23-11-8-12-26(29)27(23)30/h13-14,17,20,22,26,31H,3-12,15-16,18-19H2,1-2H3. The second-order valence-electron chi connectivity index (χ2n) is 10.2. The minimum atomic E-state index is -0.265. The van der Waals surface area contributed by atoms with Crippen LogP contribution in [0.2, 0.25) is 0 Å². The van der Waals surface area contributed by atoms with Gasteiger partial charge in [-0.05, 0) is 74.4 Å². The van der Waals surface area contributed by atoms with E-state index < -0.39 is 0 Å². The van der Waals surface area contributed by atoms with Crippen molar-refractivity contribution < 1.29 is 5.11 Å². The number of nitrogens with zero attached hydrogens (tertiary/aromatic N) is 3. The SMILES string of the molecule is CCN(CC)CC(O)CN1CCn2c3c(c4cc(C5CCCCC5)ccc42)CCCC31. The monoisotopic (exact) mass is 423 g/mol. The van der Waals surface area contributed by atoms with Gasteiger partial charge in [-0.3, -0.25) is 4.90 Å². The van der Waals surface area contributed by atoms with Crippen LogP contribution in [0.25, 0.3) is 10.9 Å². The summed E-state index contributed by atoms with van der Waals surface area (Å²) in [5, 5.41) is 12.3. The van der Waals surface area contributed by atoms with Crippen molar-refractivity contribution in [3.63, 3.8) is 0 Å². The van der Waals surface area contributed by atoms with Crippen LogP contribution in [0.5, 0.6) is 0 Å². The lowest BCUT2D eigenvalue weighted by atomic mass is 9.83. The second kappa shape index (κ2) is 9.25. The van der Waals surface area contributed by atoms with Gasteiger partial charge in [-0.1, -0.05) is 39.2 Å². The van der Waals surface area contributed by atoms with Crippen LogP contribution in [-0.4, -0.2) is 58.3 Å². The van der Waals surface area contributed by atoms with Crippen LogP contribution in [0.4, 0.5) is 0 Å². The van der Waals surface area contributed by atoms with Gasteiger partial charge < -0.3 is 14.6 Å². The van der Waals surface area contributed by atoms with E-state index in [1.54, 1.807) is 16.8 Å². The molecule has 2 aromatic rings. The molecule has 170 valence electrons. The average molecular weight is 424 g/mol. The van der Waals surface area contributed by atoms with Crippen molar-refractivity contribution in [3.8, 4) is 0 Å². The fourth-order valence-electron chi connectivity index (χ4n) is 6.71. The van der Waals surface area contributed by atoms with Crippen molar-refractivity contribution in [1.82, 2.24) is 14.4 Å². The minimum Gasteiger partial charge on any atom is -0.390 e. The van der Waals surface area contributed by atoms with Gasteiger partial charge in [0.1, 0.15) is 0 Å². The molecule has 0 amide bonds. The Bertz CT molecular complexity index is 894. The molecule has 0 radical (unpaired) electrons. The summed E-state index contributed by atoms with van der Waals surface area (Å²) in [4.78, 5) is 4.93. The van der Waals surface area contributed by atoms with Gasteiger partial charge in [0.15, 0.2) is 0 Å². The van der Waals surface area contributed by atoms with Crippen LogP contribution in [0, 0.1) is 0 Å². The van der Waals surface area contributed by atoms with E-state index >= 15 is 0 Å². The van der Waals surface area contributed by atoms with Crippen molar-refractivity contribution in [2.24, 2.45) is 0 Å². The first-order valence-electron chi connectivity index (χ1n) is 13.0. The number of aryl methyl sites for hydroxylation is 1. The van der Waals surface area contributed by atoms with Gasteiger partial charge in [-0.25, -0.2) is 0 Å². The molecule has 3 aliphatic rings. The van der Waals surface area contributed by atoms with Crippen LogP contribution in [0.1, 0.15) is 87.6 Å². The fourth-order valence-corrected chi connectivity index (χ4v) is 6.71. The Morgan fingerprint density at radius 2 is 1.84 bits per heavy atom. The van der Waals surface area contributed by atoms with E-state index in [4.69, 9.17) is 0 Å². The van der Waals surface area contributed by atoms with Gasteiger partial charge in [-0.15, -0.1) is 0 Å².